The molecule has 0 radical (unpaired) electrons. The monoisotopic (exact) mass is 445 g/mol. The molecule has 0 aliphatic rings. The molecule has 0 bridgehead atoms. The molecule has 3 N–H and O–H groups in total. The van der Waals surface area contributed by atoms with Crippen LogP contribution in [0, 0.1) is 0 Å². The molecule has 0 aromatic heterocycles. The average molecular weight is 446 g/mol. The summed E-state index contributed by atoms with van der Waals surface area (Å²) in [4.78, 5) is 23.6. The van der Waals surface area contributed by atoms with Gasteiger partial charge in [-0.1, -0.05) is 104 Å². The lowest BCUT2D eigenvalue weighted by molar-refractivity contribution is -0.129. The highest BCUT2D eigenvalue weighted by Gasteiger charge is 2.33. The van der Waals surface area contributed by atoms with E-state index in [9.17, 15) is 14.7 Å². The summed E-state index contributed by atoms with van der Waals surface area (Å²) in [6.45, 7) is 0. The molecule has 5 nitrogen and oxygen atoms in total. The Morgan fingerprint density at radius 2 is 1.09 bits per heavy atom. The Hall–Kier alpha value is -3.28. The first-order valence-electron chi connectivity index (χ1n) is 11.5. The minimum Gasteiger partial charge on any atom is -0.376 e. The summed E-state index contributed by atoms with van der Waals surface area (Å²) in [7, 11) is 0. The molecule has 3 rings (SSSR count). The number of amides is 1. The highest BCUT2D eigenvalue weighted by molar-refractivity contribution is 5.96. The summed E-state index contributed by atoms with van der Waals surface area (Å²) in [5.74, 6) is -0.274. The molecule has 0 atom stereocenters. The van der Waals surface area contributed by atoms with Crippen LogP contribution < -0.4 is 5.48 Å². The van der Waals surface area contributed by atoms with Crippen LogP contribution in [0.2, 0.25) is 0 Å². The van der Waals surface area contributed by atoms with E-state index in [1.165, 1.54) is 0 Å². The number of ketones is 1. The predicted octanol–water partition coefficient (Wildman–Crippen LogP) is 5.39. The van der Waals surface area contributed by atoms with Gasteiger partial charge in [0.2, 0.25) is 5.91 Å². The van der Waals surface area contributed by atoms with Crippen LogP contribution in [0.4, 0.5) is 0 Å². The molecule has 1 amide bonds. The second-order valence-corrected chi connectivity index (χ2v) is 8.25. The van der Waals surface area contributed by atoms with Crippen LogP contribution in [-0.2, 0) is 10.4 Å². The number of hydroxylamine groups is 1. The van der Waals surface area contributed by atoms with Crippen molar-refractivity contribution in [3.63, 3.8) is 0 Å². The molecule has 3 aromatic rings. The molecule has 0 aliphatic carbocycles. The molecule has 0 saturated heterocycles. The number of Topliss-reactive ketones (excluding diaryl/α,β-unsaturated/α-hetero) is 1. The second-order valence-electron chi connectivity index (χ2n) is 8.25. The molecule has 0 heterocycles. The SMILES string of the molecule is O=C(CCCCCCCC(=O)c1ccc(C(O)(c2ccccc2)c2ccccc2)cc1)NO. The topological polar surface area (TPSA) is 86.6 Å². The Kier molecular flexibility index (Phi) is 8.93. The van der Waals surface area contributed by atoms with Crippen LogP contribution in [0.15, 0.2) is 84.9 Å². The number of hydrogen-bond acceptors (Lipinski definition) is 4. The van der Waals surface area contributed by atoms with E-state index in [2.05, 4.69) is 0 Å². The number of unbranched alkanes of at least 4 members (excludes halogenated alkanes) is 4. The van der Waals surface area contributed by atoms with Crippen LogP contribution in [0.1, 0.15) is 72.0 Å². The lowest BCUT2D eigenvalue weighted by Crippen LogP contribution is -2.28. The van der Waals surface area contributed by atoms with Gasteiger partial charge in [0, 0.05) is 18.4 Å². The van der Waals surface area contributed by atoms with Gasteiger partial charge in [0.05, 0.1) is 0 Å². The van der Waals surface area contributed by atoms with E-state index in [-0.39, 0.29) is 11.7 Å². The Morgan fingerprint density at radius 1 is 0.636 bits per heavy atom. The van der Waals surface area contributed by atoms with Crippen LogP contribution in [0.5, 0.6) is 0 Å². The van der Waals surface area contributed by atoms with Crippen molar-refractivity contribution in [1.29, 1.82) is 0 Å². The maximum atomic E-state index is 12.6. The summed E-state index contributed by atoms with van der Waals surface area (Å²) in [6.07, 6.45) is 5.09. The Labute approximate surface area is 195 Å². The number of rotatable bonds is 12. The van der Waals surface area contributed by atoms with Crippen molar-refractivity contribution >= 4 is 11.7 Å². The highest BCUT2D eigenvalue weighted by atomic mass is 16.5. The molecular weight excluding hydrogens is 414 g/mol. The summed E-state index contributed by atoms with van der Waals surface area (Å²) in [5.41, 5.74) is 3.22. The smallest absolute Gasteiger partial charge is 0.243 e. The molecule has 5 heteroatoms. The molecule has 0 fully saturated rings. The minimum atomic E-state index is -1.31. The second kappa shape index (κ2) is 12.1. The van der Waals surface area contributed by atoms with Crippen LogP contribution >= 0.6 is 0 Å². The first-order chi connectivity index (χ1) is 16.1. The number of hydrogen-bond donors (Lipinski definition) is 3. The van der Waals surface area contributed by atoms with Gasteiger partial charge >= 0.3 is 0 Å². The third kappa shape index (κ3) is 6.37. The van der Waals surface area contributed by atoms with Crippen molar-refractivity contribution in [3.8, 4) is 0 Å². The maximum absolute atomic E-state index is 12.6. The number of carbonyl (C=O) groups excluding carboxylic acids is 2. The normalized spacial score (nSPS) is 11.2. The van der Waals surface area contributed by atoms with E-state index in [4.69, 9.17) is 5.21 Å². The zero-order valence-corrected chi connectivity index (χ0v) is 18.7. The number of carbonyl (C=O) groups is 2. The van der Waals surface area contributed by atoms with Crippen molar-refractivity contribution in [2.45, 2.75) is 50.5 Å². The van der Waals surface area contributed by atoms with E-state index in [0.717, 1.165) is 43.2 Å². The van der Waals surface area contributed by atoms with Gasteiger partial charge in [-0.15, -0.1) is 0 Å². The summed E-state index contributed by atoms with van der Waals surface area (Å²) >= 11 is 0. The third-order valence-corrected chi connectivity index (χ3v) is 5.94. The number of nitrogens with one attached hydrogen (secondary N) is 1. The number of aliphatic hydroxyl groups is 1. The first-order valence-corrected chi connectivity index (χ1v) is 11.5. The largest absolute Gasteiger partial charge is 0.376 e. The lowest BCUT2D eigenvalue weighted by atomic mass is 9.80. The number of benzene rings is 3. The van der Waals surface area contributed by atoms with Gasteiger partial charge in [-0.05, 0) is 29.5 Å². The molecule has 0 spiro atoms. The van der Waals surface area contributed by atoms with Crippen molar-refractivity contribution in [2.24, 2.45) is 0 Å². The molecule has 0 aliphatic heterocycles. The van der Waals surface area contributed by atoms with Gasteiger partial charge in [-0.25, -0.2) is 5.48 Å². The summed E-state index contributed by atoms with van der Waals surface area (Å²) < 4.78 is 0. The van der Waals surface area contributed by atoms with Gasteiger partial charge in [-0.3, -0.25) is 14.8 Å². The minimum absolute atomic E-state index is 0.0872. The maximum Gasteiger partial charge on any atom is 0.243 e. The summed E-state index contributed by atoms with van der Waals surface area (Å²) in [5, 5.41) is 20.3. The van der Waals surface area contributed by atoms with E-state index in [0.29, 0.717) is 24.0 Å². The first kappa shape index (κ1) is 24.4. The predicted molar refractivity (Wildman–Crippen MR) is 128 cm³/mol. The lowest BCUT2D eigenvalue weighted by Gasteiger charge is -2.30. The van der Waals surface area contributed by atoms with Crippen LogP contribution in [0.25, 0.3) is 0 Å². The molecule has 0 saturated carbocycles. The molecule has 33 heavy (non-hydrogen) atoms. The standard InChI is InChI=1S/C28H31NO4/c30-26(16-10-2-1-3-11-17-27(31)29-33)22-18-20-25(21-19-22)28(32,23-12-6-4-7-13-23)24-14-8-5-9-15-24/h4-9,12-15,18-21,32-33H,1-3,10-11,16-17H2,(H,29,31). The highest BCUT2D eigenvalue weighted by Crippen LogP contribution is 2.36. The zero-order valence-electron chi connectivity index (χ0n) is 18.7. The van der Waals surface area contributed by atoms with Gasteiger partial charge in [0.25, 0.3) is 0 Å². The molecule has 3 aromatic carbocycles. The summed E-state index contributed by atoms with van der Waals surface area (Å²) in [6, 6.07) is 26.3. The molecule has 0 unspecified atom stereocenters. The van der Waals surface area contributed by atoms with Crippen molar-refractivity contribution in [1.82, 2.24) is 5.48 Å². The van der Waals surface area contributed by atoms with E-state index < -0.39 is 5.60 Å². The van der Waals surface area contributed by atoms with E-state index in [1.54, 1.807) is 17.6 Å². The average Bonchev–Trinajstić information content (AvgIpc) is 2.88. The fourth-order valence-electron chi connectivity index (χ4n) is 4.06. The third-order valence-electron chi connectivity index (χ3n) is 5.94. The van der Waals surface area contributed by atoms with E-state index in [1.807, 2.05) is 72.8 Å². The van der Waals surface area contributed by atoms with Crippen LogP contribution in [-0.4, -0.2) is 22.0 Å². The zero-order chi connectivity index (χ0) is 23.5. The van der Waals surface area contributed by atoms with Crippen molar-refractivity contribution in [3.05, 3.63) is 107 Å². The Balaban J connectivity index is 1.62. The molecule has 172 valence electrons. The van der Waals surface area contributed by atoms with E-state index >= 15 is 0 Å². The van der Waals surface area contributed by atoms with Crippen molar-refractivity contribution < 1.29 is 19.9 Å². The van der Waals surface area contributed by atoms with Gasteiger partial charge in [-0.2, -0.15) is 0 Å². The Morgan fingerprint density at radius 3 is 1.61 bits per heavy atom. The van der Waals surface area contributed by atoms with Gasteiger partial charge < -0.3 is 5.11 Å². The van der Waals surface area contributed by atoms with Gasteiger partial charge in [0.1, 0.15) is 5.60 Å². The Bertz CT molecular complexity index is 977. The fourth-order valence-corrected chi connectivity index (χ4v) is 4.06. The molecular formula is C28H31NO4. The fraction of sp³-hybridized carbons (Fsp3) is 0.286. The van der Waals surface area contributed by atoms with Crippen molar-refractivity contribution in [2.75, 3.05) is 0 Å². The quantitative estimate of drug-likeness (QED) is 0.115. The van der Waals surface area contributed by atoms with Gasteiger partial charge in [0.15, 0.2) is 5.78 Å². The van der Waals surface area contributed by atoms with Crippen LogP contribution in [0.3, 0.4) is 0 Å².